The van der Waals surface area contributed by atoms with E-state index in [0.717, 1.165) is 80.0 Å². The van der Waals surface area contributed by atoms with Gasteiger partial charge >= 0.3 is 0 Å². The minimum absolute atomic E-state index is 0.0300. The van der Waals surface area contributed by atoms with Crippen LogP contribution in [0.15, 0.2) is 4.79 Å². The Morgan fingerprint density at radius 3 is 2.97 bits per heavy atom. The Hall–Kier alpha value is -2.20. The van der Waals surface area contributed by atoms with Gasteiger partial charge in [0, 0.05) is 36.9 Å². The molecule has 0 spiro atoms. The number of nitrogens with zero attached hydrogens (tertiary/aromatic N) is 5. The fraction of sp³-hybridized carbons (Fsp3) is 0.625. The number of carbonyl (C=O) groups is 1. The van der Waals surface area contributed by atoms with Crippen molar-refractivity contribution in [3.8, 4) is 0 Å². The monoisotopic (exact) mass is 498 g/mol. The summed E-state index contributed by atoms with van der Waals surface area (Å²) in [5, 5.41) is 9.78. The molecule has 0 saturated carbocycles. The first-order valence-corrected chi connectivity index (χ1v) is 14.5. The van der Waals surface area contributed by atoms with Crippen LogP contribution in [0.2, 0.25) is 0 Å². The maximum atomic E-state index is 13.0. The predicted molar refractivity (Wildman–Crippen MR) is 135 cm³/mol. The molecule has 34 heavy (non-hydrogen) atoms. The minimum Gasteiger partial charge on any atom is -0.341 e. The molecule has 1 amide bonds. The van der Waals surface area contributed by atoms with Crippen molar-refractivity contribution in [3.63, 3.8) is 0 Å². The van der Waals surface area contributed by atoms with Crippen LogP contribution in [0.4, 0.5) is 0 Å². The molecule has 1 fully saturated rings. The van der Waals surface area contributed by atoms with Crippen LogP contribution in [-0.4, -0.2) is 54.4 Å². The second-order valence-corrected chi connectivity index (χ2v) is 11.7. The molecule has 3 aromatic rings. The average molecular weight is 499 g/mol. The lowest BCUT2D eigenvalue weighted by Gasteiger charge is -2.32. The third-order valence-corrected chi connectivity index (χ3v) is 9.48. The largest absolute Gasteiger partial charge is 0.341 e. The van der Waals surface area contributed by atoms with E-state index in [1.54, 1.807) is 11.3 Å². The Balaban J connectivity index is 1.08. The van der Waals surface area contributed by atoms with Gasteiger partial charge in [-0.05, 0) is 50.5 Å². The smallest absolute Gasteiger partial charge is 0.259 e. The van der Waals surface area contributed by atoms with Crippen molar-refractivity contribution in [2.24, 2.45) is 0 Å². The normalized spacial score (nSPS) is 20.4. The number of fused-ring (bicyclic) bond motifs is 4. The van der Waals surface area contributed by atoms with Crippen molar-refractivity contribution in [1.29, 1.82) is 0 Å². The van der Waals surface area contributed by atoms with Crippen LogP contribution in [0.5, 0.6) is 0 Å². The highest BCUT2D eigenvalue weighted by molar-refractivity contribution is 7.99. The Bertz CT molecular complexity index is 1280. The van der Waals surface area contributed by atoms with E-state index >= 15 is 0 Å². The number of aromatic nitrogens is 5. The van der Waals surface area contributed by atoms with Crippen molar-refractivity contribution in [3.05, 3.63) is 38.3 Å². The van der Waals surface area contributed by atoms with Crippen molar-refractivity contribution in [1.82, 2.24) is 29.6 Å². The van der Waals surface area contributed by atoms with E-state index in [1.807, 2.05) is 4.90 Å². The average Bonchev–Trinajstić information content (AvgIpc) is 3.49. The van der Waals surface area contributed by atoms with E-state index in [-0.39, 0.29) is 17.4 Å². The lowest BCUT2D eigenvalue weighted by molar-refractivity contribution is -0.129. The molecule has 3 aliphatic rings. The summed E-state index contributed by atoms with van der Waals surface area (Å²) < 4.78 is 2.32. The standard InChI is InChI=1S/C24H30N6O2S2/c31-20(14-33-13-18-25-23(32)21-16-7-4-8-17(16)34-24(21)26-18)29-10-5-6-15(12-29)22-28-27-19-9-2-1-3-11-30(19)22/h15H,1-14H2,(H,25,26,32)/t15-/m0/s1. The molecule has 1 saturated heterocycles. The number of H-pyrrole nitrogens is 1. The van der Waals surface area contributed by atoms with Gasteiger partial charge in [-0.1, -0.05) is 6.42 Å². The molecule has 0 aromatic carbocycles. The molecule has 0 bridgehead atoms. The van der Waals surface area contributed by atoms with Crippen LogP contribution in [0.1, 0.15) is 72.4 Å². The number of aryl methyl sites for hydroxylation is 3. The molecule has 0 unspecified atom stereocenters. The van der Waals surface area contributed by atoms with Gasteiger partial charge in [-0.3, -0.25) is 9.59 Å². The lowest BCUT2D eigenvalue weighted by Crippen LogP contribution is -2.40. The van der Waals surface area contributed by atoms with E-state index in [2.05, 4.69) is 19.7 Å². The molecule has 1 aliphatic carbocycles. The molecule has 8 nitrogen and oxygen atoms in total. The van der Waals surface area contributed by atoms with Crippen LogP contribution in [-0.2, 0) is 36.4 Å². The maximum absolute atomic E-state index is 13.0. The zero-order chi connectivity index (χ0) is 23.1. The molecule has 1 N–H and O–H groups in total. The van der Waals surface area contributed by atoms with Gasteiger partial charge < -0.3 is 14.5 Å². The second-order valence-electron chi connectivity index (χ2n) is 9.66. The highest BCUT2D eigenvalue weighted by Crippen LogP contribution is 2.34. The number of carbonyl (C=O) groups excluding carboxylic acids is 1. The van der Waals surface area contributed by atoms with Crippen molar-refractivity contribution < 1.29 is 4.79 Å². The summed E-state index contributed by atoms with van der Waals surface area (Å²) in [6, 6.07) is 0. The summed E-state index contributed by atoms with van der Waals surface area (Å²) in [4.78, 5) is 37.5. The summed E-state index contributed by atoms with van der Waals surface area (Å²) in [7, 11) is 0. The van der Waals surface area contributed by atoms with Gasteiger partial charge in [0.05, 0.1) is 16.9 Å². The van der Waals surface area contributed by atoms with E-state index in [0.29, 0.717) is 17.3 Å². The van der Waals surface area contributed by atoms with Crippen LogP contribution < -0.4 is 5.56 Å². The summed E-state index contributed by atoms with van der Waals surface area (Å²) in [5.41, 5.74) is 1.17. The van der Waals surface area contributed by atoms with E-state index < -0.39 is 0 Å². The van der Waals surface area contributed by atoms with Crippen LogP contribution >= 0.6 is 23.1 Å². The van der Waals surface area contributed by atoms with Crippen molar-refractivity contribution in [2.45, 2.75) is 76.0 Å². The summed E-state index contributed by atoms with van der Waals surface area (Å²) in [6.45, 7) is 2.53. The number of rotatable bonds is 5. The number of hydrogen-bond donors (Lipinski definition) is 1. The third kappa shape index (κ3) is 4.19. The van der Waals surface area contributed by atoms with Crippen LogP contribution in [0.3, 0.4) is 0 Å². The molecule has 6 rings (SSSR count). The van der Waals surface area contributed by atoms with Gasteiger partial charge in [-0.15, -0.1) is 33.3 Å². The summed E-state index contributed by atoms with van der Waals surface area (Å²) in [6.07, 6.45) is 9.86. The van der Waals surface area contributed by atoms with Crippen LogP contribution in [0, 0.1) is 0 Å². The van der Waals surface area contributed by atoms with E-state index in [9.17, 15) is 9.59 Å². The molecule has 180 valence electrons. The molecule has 0 radical (unpaired) electrons. The fourth-order valence-electron chi connectivity index (χ4n) is 5.67. The molecule has 3 aromatic heterocycles. The number of aromatic amines is 1. The number of nitrogens with one attached hydrogen (secondary N) is 1. The molecule has 10 heteroatoms. The SMILES string of the molecule is O=C(CSCc1nc2sc3c(c2c(=O)[nH]1)CCC3)N1CCC[C@H](c2nnc3n2CCCCC3)C1. The van der Waals surface area contributed by atoms with Gasteiger partial charge in [-0.25, -0.2) is 4.98 Å². The zero-order valence-corrected chi connectivity index (χ0v) is 21.0. The first kappa shape index (κ1) is 22.3. The number of hydrogen-bond acceptors (Lipinski definition) is 7. The Morgan fingerprint density at radius 1 is 1.09 bits per heavy atom. The highest BCUT2D eigenvalue weighted by atomic mass is 32.2. The number of thioether (sulfide) groups is 1. The second kappa shape index (κ2) is 9.45. The number of likely N-dealkylation sites (tertiary alicyclic amines) is 1. The van der Waals surface area contributed by atoms with Gasteiger partial charge in [-0.2, -0.15) is 0 Å². The van der Waals surface area contributed by atoms with Crippen molar-refractivity contribution >= 4 is 39.2 Å². The summed E-state index contributed by atoms with van der Waals surface area (Å²) >= 11 is 3.19. The number of piperidine rings is 1. The Kier molecular flexibility index (Phi) is 6.19. The molecule has 1 atom stereocenters. The zero-order valence-electron chi connectivity index (χ0n) is 19.3. The topological polar surface area (TPSA) is 96.8 Å². The first-order chi connectivity index (χ1) is 16.7. The Morgan fingerprint density at radius 2 is 2.03 bits per heavy atom. The molecule has 5 heterocycles. The summed E-state index contributed by atoms with van der Waals surface area (Å²) in [5.74, 6) is 4.20. The minimum atomic E-state index is -0.0300. The lowest BCUT2D eigenvalue weighted by atomic mass is 9.97. The fourth-order valence-corrected chi connectivity index (χ4v) is 7.74. The van der Waals surface area contributed by atoms with Crippen LogP contribution in [0.25, 0.3) is 10.2 Å². The predicted octanol–water partition coefficient (Wildman–Crippen LogP) is 3.43. The van der Waals surface area contributed by atoms with Gasteiger partial charge in [0.1, 0.15) is 22.3 Å². The van der Waals surface area contributed by atoms with Gasteiger partial charge in [0.25, 0.3) is 5.56 Å². The van der Waals surface area contributed by atoms with E-state index in [4.69, 9.17) is 4.98 Å². The number of thiophene rings is 1. The van der Waals surface area contributed by atoms with E-state index in [1.165, 1.54) is 41.5 Å². The molecule has 2 aliphatic heterocycles. The highest BCUT2D eigenvalue weighted by Gasteiger charge is 2.29. The Labute approximate surface area is 206 Å². The maximum Gasteiger partial charge on any atom is 0.259 e. The molecular weight excluding hydrogens is 468 g/mol. The number of amides is 1. The first-order valence-electron chi connectivity index (χ1n) is 12.5. The molecular formula is C24H30N6O2S2. The van der Waals surface area contributed by atoms with Gasteiger partial charge in [0.15, 0.2) is 0 Å². The third-order valence-electron chi connectivity index (χ3n) is 7.37. The van der Waals surface area contributed by atoms with Crippen molar-refractivity contribution in [2.75, 3.05) is 18.8 Å². The van der Waals surface area contributed by atoms with Gasteiger partial charge in [0.2, 0.25) is 5.91 Å². The quantitative estimate of drug-likeness (QED) is 0.579.